The number of carbonyl (C=O) groups is 1. The first-order valence-corrected chi connectivity index (χ1v) is 35.2. The molecule has 2 aliphatic rings. The minimum Gasteiger partial charge on any atom is -0.394 e. The molecular formula is C72H129NO13. The highest BCUT2D eigenvalue weighted by Crippen LogP contribution is 2.30. The van der Waals surface area contributed by atoms with Crippen LogP contribution in [-0.4, -0.2) is 140 Å². The van der Waals surface area contributed by atoms with E-state index < -0.39 is 86.8 Å². The molecule has 0 spiro atoms. The van der Waals surface area contributed by atoms with E-state index in [-0.39, 0.29) is 18.9 Å². The van der Waals surface area contributed by atoms with Crippen molar-refractivity contribution in [3.05, 3.63) is 72.9 Å². The number of hydrogen-bond donors (Lipinski definition) is 9. The number of carbonyl (C=O) groups excluding carboxylic acids is 1. The highest BCUT2D eigenvalue weighted by atomic mass is 16.7. The number of rotatable bonds is 57. The van der Waals surface area contributed by atoms with Gasteiger partial charge in [0, 0.05) is 6.42 Å². The Morgan fingerprint density at radius 1 is 0.430 bits per heavy atom. The zero-order chi connectivity index (χ0) is 62.3. The molecule has 2 saturated heterocycles. The maximum absolute atomic E-state index is 13.3. The van der Waals surface area contributed by atoms with E-state index in [1.807, 2.05) is 0 Å². The fourth-order valence-electron chi connectivity index (χ4n) is 11.4. The third-order valence-electron chi connectivity index (χ3n) is 16.9. The Morgan fingerprint density at radius 3 is 1.23 bits per heavy atom. The monoisotopic (exact) mass is 1220 g/mol. The quantitative estimate of drug-likeness (QED) is 0.0204. The van der Waals surface area contributed by atoms with E-state index in [2.05, 4.69) is 92.1 Å². The van der Waals surface area contributed by atoms with Crippen LogP contribution < -0.4 is 5.32 Å². The minimum absolute atomic E-state index is 0.230. The summed E-state index contributed by atoms with van der Waals surface area (Å²) in [4.78, 5) is 13.3. The highest BCUT2D eigenvalue weighted by molar-refractivity contribution is 5.76. The molecular weight excluding hydrogens is 1090 g/mol. The molecule has 0 aromatic rings. The molecule has 86 heavy (non-hydrogen) atoms. The Bertz CT molecular complexity index is 1720. The van der Waals surface area contributed by atoms with Gasteiger partial charge in [0.2, 0.25) is 5.91 Å². The summed E-state index contributed by atoms with van der Waals surface area (Å²) in [6.07, 6.45) is 59.1. The van der Waals surface area contributed by atoms with Gasteiger partial charge in [-0.25, -0.2) is 0 Å². The first-order valence-electron chi connectivity index (χ1n) is 35.2. The normalized spacial score (nSPS) is 23.8. The van der Waals surface area contributed by atoms with Gasteiger partial charge in [0.1, 0.15) is 48.8 Å². The topological polar surface area (TPSA) is 228 Å². The van der Waals surface area contributed by atoms with Crippen molar-refractivity contribution in [2.75, 3.05) is 19.8 Å². The minimum atomic E-state index is -1.79. The van der Waals surface area contributed by atoms with E-state index in [0.717, 1.165) is 89.9 Å². The van der Waals surface area contributed by atoms with Crippen molar-refractivity contribution in [2.45, 2.75) is 357 Å². The van der Waals surface area contributed by atoms with Gasteiger partial charge >= 0.3 is 0 Å². The van der Waals surface area contributed by atoms with Crippen molar-refractivity contribution in [2.24, 2.45) is 0 Å². The Kier molecular flexibility index (Phi) is 52.2. The number of unbranched alkanes of at least 4 members (excludes halogenated alkanes) is 32. The summed E-state index contributed by atoms with van der Waals surface area (Å²) >= 11 is 0. The van der Waals surface area contributed by atoms with E-state index >= 15 is 0 Å². The maximum Gasteiger partial charge on any atom is 0.220 e. The molecule has 14 nitrogen and oxygen atoms in total. The fourth-order valence-corrected chi connectivity index (χ4v) is 11.4. The lowest BCUT2D eigenvalue weighted by Crippen LogP contribution is -2.65. The van der Waals surface area contributed by atoms with Gasteiger partial charge in [0.15, 0.2) is 12.6 Å². The molecule has 0 bridgehead atoms. The summed E-state index contributed by atoms with van der Waals surface area (Å²) in [7, 11) is 0. The number of amides is 1. The van der Waals surface area contributed by atoms with Gasteiger partial charge in [-0.15, -0.1) is 0 Å². The van der Waals surface area contributed by atoms with Crippen LogP contribution in [0.3, 0.4) is 0 Å². The second-order valence-corrected chi connectivity index (χ2v) is 24.6. The Labute approximate surface area is 523 Å². The number of ether oxygens (including phenoxy) is 4. The van der Waals surface area contributed by atoms with Gasteiger partial charge in [0.05, 0.1) is 32.0 Å². The molecule has 12 unspecified atom stereocenters. The van der Waals surface area contributed by atoms with Gasteiger partial charge in [-0.3, -0.25) is 4.79 Å². The van der Waals surface area contributed by atoms with Crippen LogP contribution in [0.1, 0.15) is 284 Å². The SMILES string of the molecule is CC/C=C\C/C=C\C/C=C\C/C=C\C/C=C\C/C=C\CCCCCCC(=O)NC(COC1OC(CO)C(OC2OC(CO)C(O)C(O)C2O)C(O)C1O)C(O)CCCCCCCCCCCCCCCCCCCCCCCCCCCCCCC. The smallest absolute Gasteiger partial charge is 0.220 e. The van der Waals surface area contributed by atoms with Crippen molar-refractivity contribution in [1.82, 2.24) is 5.32 Å². The average Bonchev–Trinajstić information content (AvgIpc) is 2.54. The summed E-state index contributed by atoms with van der Waals surface area (Å²) in [5.74, 6) is -0.230. The fraction of sp³-hybridized carbons (Fsp3) is 0.819. The summed E-state index contributed by atoms with van der Waals surface area (Å²) in [5.41, 5.74) is 0. The van der Waals surface area contributed by atoms with Crippen LogP contribution in [0.4, 0.5) is 0 Å². The van der Waals surface area contributed by atoms with E-state index in [1.54, 1.807) is 0 Å². The largest absolute Gasteiger partial charge is 0.394 e. The molecule has 0 saturated carbocycles. The molecule has 0 radical (unpaired) electrons. The van der Waals surface area contributed by atoms with Crippen LogP contribution in [0, 0.1) is 0 Å². The standard InChI is InChI=1S/C72H129NO13/c1-3-5-7-9-11-13-15-17-19-21-23-25-27-28-29-30-31-32-34-35-37-39-41-43-45-47-49-51-53-55-61(76)60(59-83-71-69(82)67(80)70(63(58-75)85-71)86-72-68(81)66(79)65(78)62(57-74)84-72)73-64(77)56-54-52-50-48-46-44-42-40-38-36-33-26-24-22-20-18-16-14-12-10-8-6-4-2/h6,8,12,14,18,20,24,26,36,38,42,44,60-63,65-72,74-76,78-82H,3-5,7,9-11,13,15-17,19,21-23,25,27-35,37,39-41,43,45-59H2,1-2H3,(H,73,77)/b8-6-,14-12-,20-18-,26-24-,38-36-,44-42-. The molecule has 0 aromatic heterocycles. The molecule has 2 fully saturated rings. The summed E-state index contributed by atoms with van der Waals surface area (Å²) in [5, 5.41) is 87.6. The van der Waals surface area contributed by atoms with Gasteiger partial charge in [0.25, 0.3) is 0 Å². The highest BCUT2D eigenvalue weighted by Gasteiger charge is 2.51. The third-order valence-corrected chi connectivity index (χ3v) is 16.9. The van der Waals surface area contributed by atoms with Gasteiger partial charge in [-0.1, -0.05) is 286 Å². The molecule has 500 valence electrons. The number of hydrogen-bond acceptors (Lipinski definition) is 13. The zero-order valence-electron chi connectivity index (χ0n) is 54.3. The average molecular weight is 1220 g/mol. The van der Waals surface area contributed by atoms with E-state index in [1.165, 1.54) is 161 Å². The molecule has 12 atom stereocenters. The molecule has 14 heteroatoms. The van der Waals surface area contributed by atoms with Gasteiger partial charge < -0.3 is 65.1 Å². The van der Waals surface area contributed by atoms with E-state index in [0.29, 0.717) is 12.8 Å². The van der Waals surface area contributed by atoms with Crippen molar-refractivity contribution in [1.29, 1.82) is 0 Å². The predicted octanol–water partition coefficient (Wildman–Crippen LogP) is 14.2. The molecule has 1 amide bonds. The molecule has 0 aliphatic carbocycles. The lowest BCUT2D eigenvalue weighted by atomic mass is 9.97. The lowest BCUT2D eigenvalue weighted by molar-refractivity contribution is -0.359. The van der Waals surface area contributed by atoms with Crippen LogP contribution in [-0.2, 0) is 23.7 Å². The van der Waals surface area contributed by atoms with Crippen LogP contribution in [0.15, 0.2) is 72.9 Å². The van der Waals surface area contributed by atoms with Gasteiger partial charge in [-0.05, 0) is 64.2 Å². The number of aliphatic hydroxyl groups excluding tert-OH is 8. The molecule has 9 N–H and O–H groups in total. The van der Waals surface area contributed by atoms with E-state index in [4.69, 9.17) is 18.9 Å². The van der Waals surface area contributed by atoms with Gasteiger partial charge in [-0.2, -0.15) is 0 Å². The summed E-state index contributed by atoms with van der Waals surface area (Å²) in [6, 6.07) is -0.849. The van der Waals surface area contributed by atoms with Crippen molar-refractivity contribution >= 4 is 5.91 Å². The first-order chi connectivity index (χ1) is 42.1. The zero-order valence-corrected chi connectivity index (χ0v) is 54.3. The number of nitrogens with one attached hydrogen (secondary N) is 1. The molecule has 2 heterocycles. The summed E-state index contributed by atoms with van der Waals surface area (Å²) < 4.78 is 22.9. The van der Waals surface area contributed by atoms with Crippen molar-refractivity contribution in [3.8, 4) is 0 Å². The van der Waals surface area contributed by atoms with E-state index in [9.17, 15) is 45.6 Å². The van der Waals surface area contributed by atoms with Crippen LogP contribution in [0.25, 0.3) is 0 Å². The Morgan fingerprint density at radius 2 is 0.802 bits per heavy atom. The molecule has 0 aromatic carbocycles. The van der Waals surface area contributed by atoms with Crippen LogP contribution in [0.5, 0.6) is 0 Å². The second kappa shape index (κ2) is 56.4. The molecule has 2 rings (SSSR count). The third kappa shape index (κ3) is 40.2. The van der Waals surface area contributed by atoms with Crippen LogP contribution >= 0.6 is 0 Å². The maximum atomic E-state index is 13.3. The summed E-state index contributed by atoms with van der Waals surface area (Å²) in [6.45, 7) is 2.76. The predicted molar refractivity (Wildman–Crippen MR) is 350 cm³/mol. The van der Waals surface area contributed by atoms with Crippen molar-refractivity contribution < 1.29 is 64.6 Å². The number of allylic oxidation sites excluding steroid dienone is 12. The van der Waals surface area contributed by atoms with Crippen molar-refractivity contribution in [3.63, 3.8) is 0 Å². The molecule has 2 aliphatic heterocycles. The second-order valence-electron chi connectivity index (χ2n) is 24.6. The number of aliphatic hydroxyl groups is 8. The van der Waals surface area contributed by atoms with Crippen LogP contribution in [0.2, 0.25) is 0 Å². The first kappa shape index (κ1) is 79.5. The Balaban J connectivity index is 1.68. The Hall–Kier alpha value is -2.57. The lowest BCUT2D eigenvalue weighted by Gasteiger charge is -2.46.